The quantitative estimate of drug-likeness (QED) is 0.381. The molecule has 5 rings (SSSR count). The molecule has 1 aromatic carbocycles. The van der Waals surface area contributed by atoms with Crippen LogP contribution in [-0.2, 0) is 4.79 Å². The van der Waals surface area contributed by atoms with E-state index in [4.69, 9.17) is 19.2 Å². The molecule has 2 aromatic heterocycles. The third kappa shape index (κ3) is 7.04. The van der Waals surface area contributed by atoms with Crippen molar-refractivity contribution < 1.29 is 24.1 Å². The van der Waals surface area contributed by atoms with E-state index in [1.807, 2.05) is 31.2 Å². The Labute approximate surface area is 227 Å². The topological polar surface area (TPSA) is 132 Å². The average Bonchev–Trinajstić information content (AvgIpc) is 2.95. The lowest BCUT2D eigenvalue weighted by molar-refractivity contribution is -0.143. The number of rotatable bonds is 10. The van der Waals surface area contributed by atoms with Gasteiger partial charge in [0.2, 0.25) is 11.8 Å². The molecule has 0 unspecified atom stereocenters. The zero-order chi connectivity index (χ0) is 27.0. The summed E-state index contributed by atoms with van der Waals surface area (Å²) < 4.78 is 18.0. The molecule has 1 atom stereocenters. The van der Waals surface area contributed by atoms with E-state index in [9.17, 15) is 9.90 Å². The Hall–Kier alpha value is -4.15. The van der Waals surface area contributed by atoms with Gasteiger partial charge in [-0.2, -0.15) is 4.98 Å². The Morgan fingerprint density at radius 3 is 2.64 bits per heavy atom. The fraction of sp³-hybridized carbons (Fsp3) is 0.464. The Kier molecular flexibility index (Phi) is 8.55. The van der Waals surface area contributed by atoms with E-state index in [2.05, 4.69) is 25.2 Å². The maximum Gasteiger partial charge on any atom is 0.306 e. The third-order valence-corrected chi connectivity index (χ3v) is 6.95. The number of carbonyl (C=O) groups is 1. The molecule has 11 nitrogen and oxygen atoms in total. The van der Waals surface area contributed by atoms with Gasteiger partial charge in [0, 0.05) is 18.8 Å². The van der Waals surface area contributed by atoms with Crippen LogP contribution in [0.1, 0.15) is 45.4 Å². The maximum absolute atomic E-state index is 11.2. The van der Waals surface area contributed by atoms with Gasteiger partial charge in [0.25, 0.3) is 0 Å². The number of carboxylic acids is 1. The van der Waals surface area contributed by atoms with Crippen molar-refractivity contribution in [1.29, 1.82) is 0 Å². The Morgan fingerprint density at radius 2 is 1.85 bits per heavy atom. The molecule has 3 aromatic rings. The lowest BCUT2D eigenvalue weighted by atomic mass is 9.87. The fourth-order valence-corrected chi connectivity index (χ4v) is 4.99. The van der Waals surface area contributed by atoms with Crippen LogP contribution in [0.2, 0.25) is 0 Å². The first kappa shape index (κ1) is 26.5. The molecule has 3 heterocycles. The molecule has 1 aliphatic carbocycles. The van der Waals surface area contributed by atoms with Crippen molar-refractivity contribution in [1.82, 2.24) is 19.9 Å². The molecule has 2 aliphatic rings. The number of hydrogen-bond donors (Lipinski definition) is 2. The minimum Gasteiger partial charge on any atom is -0.490 e. The highest BCUT2D eigenvalue weighted by Gasteiger charge is 2.27. The summed E-state index contributed by atoms with van der Waals surface area (Å²) in [7, 11) is 0. The first-order valence-electron chi connectivity index (χ1n) is 13.5. The number of nitrogens with one attached hydrogen (secondary N) is 1. The summed E-state index contributed by atoms with van der Waals surface area (Å²) in [6.07, 6.45) is 9.46. The number of benzene rings is 1. The molecule has 39 heavy (non-hydrogen) atoms. The number of para-hydroxylation sites is 2. The van der Waals surface area contributed by atoms with Crippen LogP contribution in [0.4, 0.5) is 17.6 Å². The number of aliphatic carboxylic acids is 1. The van der Waals surface area contributed by atoms with Gasteiger partial charge in [-0.05, 0) is 57.6 Å². The number of hydrogen-bond acceptors (Lipinski definition) is 10. The summed E-state index contributed by atoms with van der Waals surface area (Å²) >= 11 is 0. The van der Waals surface area contributed by atoms with Gasteiger partial charge >= 0.3 is 5.97 Å². The van der Waals surface area contributed by atoms with E-state index >= 15 is 0 Å². The Bertz CT molecular complexity index is 1250. The number of piperidine rings is 1. The van der Waals surface area contributed by atoms with Crippen molar-refractivity contribution in [2.24, 2.45) is 5.92 Å². The standard InChI is InChI=1S/C28H34N6O5/c1-2-37-22-7-3-4-8-23(22)38-21-6-5-15-34(18-21)25-17-29-16-24(31-25)32-28-30-14-13-26(33-28)39-20-11-9-19(10-12-20)27(35)36/h3-4,7-8,13-14,16-17,19-21H,2,5-6,9-12,15,18H2,1H3,(H,35,36)(H,30,31,32,33)/t19?,20?,21-/m1/s1. The maximum atomic E-state index is 11.2. The average molecular weight is 535 g/mol. The van der Waals surface area contributed by atoms with Crippen molar-refractivity contribution in [3.8, 4) is 17.4 Å². The highest BCUT2D eigenvalue weighted by atomic mass is 16.5. The van der Waals surface area contributed by atoms with E-state index < -0.39 is 5.97 Å². The van der Waals surface area contributed by atoms with E-state index in [0.717, 1.165) is 36.7 Å². The highest BCUT2D eigenvalue weighted by molar-refractivity contribution is 5.70. The first-order chi connectivity index (χ1) is 19.1. The summed E-state index contributed by atoms with van der Waals surface area (Å²) in [6, 6.07) is 9.45. The second kappa shape index (κ2) is 12.6. The molecule has 0 radical (unpaired) electrons. The van der Waals surface area contributed by atoms with Gasteiger partial charge in [0.15, 0.2) is 17.3 Å². The SMILES string of the molecule is CCOc1ccccc1O[C@@H]1CCCN(c2cncc(Nc3nccc(OC4CCC(C(=O)O)CC4)n3)n2)C1. The van der Waals surface area contributed by atoms with Crippen LogP contribution < -0.4 is 24.4 Å². The predicted octanol–water partition coefficient (Wildman–Crippen LogP) is 4.48. The molecule has 1 saturated heterocycles. The minimum absolute atomic E-state index is 0.00139. The molecule has 206 valence electrons. The molecular weight excluding hydrogens is 500 g/mol. The molecule has 11 heteroatoms. The van der Waals surface area contributed by atoms with Gasteiger partial charge in [-0.3, -0.25) is 9.78 Å². The van der Waals surface area contributed by atoms with E-state index in [1.54, 1.807) is 24.7 Å². The molecule has 1 saturated carbocycles. The van der Waals surface area contributed by atoms with Crippen LogP contribution in [0.15, 0.2) is 48.9 Å². The van der Waals surface area contributed by atoms with Gasteiger partial charge < -0.3 is 29.5 Å². The summed E-state index contributed by atoms with van der Waals surface area (Å²) in [5.41, 5.74) is 0. The van der Waals surface area contributed by atoms with Crippen LogP contribution >= 0.6 is 0 Å². The normalized spacial score (nSPS) is 21.2. The Balaban J connectivity index is 1.19. The van der Waals surface area contributed by atoms with Crippen LogP contribution in [0.5, 0.6) is 17.4 Å². The van der Waals surface area contributed by atoms with Gasteiger partial charge in [-0.1, -0.05) is 12.1 Å². The minimum atomic E-state index is -0.732. The first-order valence-corrected chi connectivity index (χ1v) is 13.5. The number of carboxylic acid groups (broad SMARTS) is 1. The molecule has 0 bridgehead atoms. The summed E-state index contributed by atoms with van der Waals surface area (Å²) in [5.74, 6) is 2.55. The number of aromatic nitrogens is 4. The molecule has 1 aliphatic heterocycles. The van der Waals surface area contributed by atoms with Crippen LogP contribution in [0, 0.1) is 5.92 Å². The number of anilines is 3. The fourth-order valence-electron chi connectivity index (χ4n) is 4.99. The zero-order valence-corrected chi connectivity index (χ0v) is 22.0. The highest BCUT2D eigenvalue weighted by Crippen LogP contribution is 2.30. The number of ether oxygens (including phenoxy) is 3. The second-order valence-corrected chi connectivity index (χ2v) is 9.74. The molecule has 0 spiro atoms. The zero-order valence-electron chi connectivity index (χ0n) is 22.0. The van der Waals surface area contributed by atoms with Crippen LogP contribution in [0.3, 0.4) is 0 Å². The molecular formula is C28H34N6O5. The van der Waals surface area contributed by atoms with E-state index in [0.29, 0.717) is 56.5 Å². The summed E-state index contributed by atoms with van der Waals surface area (Å²) in [5, 5.41) is 12.3. The Morgan fingerprint density at radius 1 is 1.03 bits per heavy atom. The summed E-state index contributed by atoms with van der Waals surface area (Å²) in [6.45, 7) is 4.08. The van der Waals surface area contributed by atoms with Crippen molar-refractivity contribution in [2.75, 3.05) is 29.9 Å². The van der Waals surface area contributed by atoms with Gasteiger partial charge in [0.05, 0.1) is 31.5 Å². The van der Waals surface area contributed by atoms with Crippen molar-refractivity contribution >= 4 is 23.6 Å². The van der Waals surface area contributed by atoms with Gasteiger partial charge in [0.1, 0.15) is 18.0 Å². The van der Waals surface area contributed by atoms with Crippen molar-refractivity contribution in [3.63, 3.8) is 0 Å². The summed E-state index contributed by atoms with van der Waals surface area (Å²) in [4.78, 5) is 31.2. The van der Waals surface area contributed by atoms with Crippen molar-refractivity contribution in [2.45, 2.75) is 57.7 Å². The van der Waals surface area contributed by atoms with Gasteiger partial charge in [-0.15, -0.1) is 0 Å². The van der Waals surface area contributed by atoms with Crippen molar-refractivity contribution in [3.05, 3.63) is 48.9 Å². The predicted molar refractivity (Wildman–Crippen MR) is 145 cm³/mol. The molecule has 2 N–H and O–H groups in total. The third-order valence-electron chi connectivity index (χ3n) is 6.95. The van der Waals surface area contributed by atoms with E-state index in [1.165, 1.54) is 0 Å². The van der Waals surface area contributed by atoms with Crippen LogP contribution in [-0.4, -0.2) is 62.9 Å². The van der Waals surface area contributed by atoms with E-state index in [-0.39, 0.29) is 18.1 Å². The second-order valence-electron chi connectivity index (χ2n) is 9.74. The smallest absolute Gasteiger partial charge is 0.306 e. The number of nitrogens with zero attached hydrogens (tertiary/aromatic N) is 5. The molecule has 0 amide bonds. The van der Waals surface area contributed by atoms with Crippen LogP contribution in [0.25, 0.3) is 0 Å². The lowest BCUT2D eigenvalue weighted by Crippen LogP contribution is -2.41. The lowest BCUT2D eigenvalue weighted by Gasteiger charge is -2.33. The molecule has 2 fully saturated rings. The van der Waals surface area contributed by atoms with Gasteiger partial charge in [-0.25, -0.2) is 9.97 Å². The monoisotopic (exact) mass is 534 g/mol. The largest absolute Gasteiger partial charge is 0.490 e.